The van der Waals surface area contributed by atoms with E-state index in [4.69, 9.17) is 5.73 Å². The number of aromatic nitrogens is 1. The van der Waals surface area contributed by atoms with Crippen molar-refractivity contribution in [3.63, 3.8) is 0 Å². The second kappa shape index (κ2) is 4.44. The van der Waals surface area contributed by atoms with E-state index in [0.29, 0.717) is 12.9 Å². The van der Waals surface area contributed by atoms with Gasteiger partial charge in [0.15, 0.2) is 0 Å². The normalized spacial score (nSPS) is 10.6. The van der Waals surface area contributed by atoms with Crippen molar-refractivity contribution in [2.45, 2.75) is 6.42 Å². The quantitative estimate of drug-likeness (QED) is 0.502. The molecule has 0 spiro atoms. The Bertz CT molecular complexity index is 527. The Balaban J connectivity index is 2.32. The highest BCUT2D eigenvalue weighted by Gasteiger charge is 2.09. The first-order chi connectivity index (χ1) is 7.72. The molecular formula is C10H9FN2O2S. The lowest BCUT2D eigenvalue weighted by Gasteiger charge is -1.99. The molecule has 16 heavy (non-hydrogen) atoms. The molecule has 0 bridgehead atoms. The van der Waals surface area contributed by atoms with Crippen molar-refractivity contribution >= 4 is 33.8 Å². The fourth-order valence-electron chi connectivity index (χ4n) is 1.41. The summed E-state index contributed by atoms with van der Waals surface area (Å²) in [7, 11) is 0. The van der Waals surface area contributed by atoms with Gasteiger partial charge in [0.1, 0.15) is 5.82 Å². The number of hydrogen-bond donors (Lipinski definition) is 1. The number of benzene rings is 1. The molecule has 84 valence electrons. The van der Waals surface area contributed by atoms with Crippen LogP contribution < -0.4 is 5.73 Å². The minimum Gasteiger partial charge on any atom is -0.467 e. The lowest BCUT2D eigenvalue weighted by Crippen LogP contribution is -1.97. The van der Waals surface area contributed by atoms with Crippen molar-refractivity contribution in [1.82, 2.24) is 4.37 Å². The number of halogens is 1. The molecule has 2 aromatic rings. The number of fused-ring (bicyclic) bond motifs is 1. The number of nitrogens with two attached hydrogens (primary N) is 1. The van der Waals surface area contributed by atoms with Crippen LogP contribution in [0.5, 0.6) is 0 Å². The van der Waals surface area contributed by atoms with E-state index in [2.05, 4.69) is 9.11 Å². The zero-order valence-electron chi connectivity index (χ0n) is 8.27. The predicted octanol–water partition coefficient (Wildman–Crippen LogP) is 1.73. The van der Waals surface area contributed by atoms with Crippen LogP contribution in [0.25, 0.3) is 10.1 Å². The van der Waals surface area contributed by atoms with Crippen molar-refractivity contribution in [3.05, 3.63) is 23.6 Å². The van der Waals surface area contributed by atoms with E-state index < -0.39 is 5.82 Å². The molecular weight excluding hydrogens is 231 g/mol. The topological polar surface area (TPSA) is 65.2 Å². The van der Waals surface area contributed by atoms with E-state index in [9.17, 15) is 9.18 Å². The first kappa shape index (κ1) is 10.8. The molecule has 0 aliphatic carbocycles. The maximum Gasteiger partial charge on any atom is 0.293 e. The summed E-state index contributed by atoms with van der Waals surface area (Å²) in [5, 5.41) is 0.818. The van der Waals surface area contributed by atoms with Gasteiger partial charge in [-0.05, 0) is 23.7 Å². The van der Waals surface area contributed by atoms with E-state index in [1.54, 1.807) is 6.07 Å². The Morgan fingerprint density at radius 3 is 3.12 bits per heavy atom. The first-order valence-corrected chi connectivity index (χ1v) is 5.38. The van der Waals surface area contributed by atoms with Crippen LogP contribution in [-0.2, 0) is 16.0 Å². The molecule has 0 fully saturated rings. The van der Waals surface area contributed by atoms with Crippen LogP contribution in [0.15, 0.2) is 12.1 Å². The van der Waals surface area contributed by atoms with Gasteiger partial charge in [-0.1, -0.05) is 0 Å². The van der Waals surface area contributed by atoms with Crippen molar-refractivity contribution in [1.29, 1.82) is 0 Å². The fraction of sp³-hybridized carbons (Fsp3) is 0.200. The van der Waals surface area contributed by atoms with Crippen molar-refractivity contribution in [2.24, 2.45) is 0 Å². The lowest BCUT2D eigenvalue weighted by atomic mass is 10.1. The highest BCUT2D eigenvalue weighted by atomic mass is 32.1. The third kappa shape index (κ3) is 1.96. The number of anilines is 1. The lowest BCUT2D eigenvalue weighted by molar-refractivity contribution is -0.128. The van der Waals surface area contributed by atoms with Gasteiger partial charge < -0.3 is 10.5 Å². The summed E-state index contributed by atoms with van der Waals surface area (Å²) in [6, 6.07) is 2.93. The smallest absolute Gasteiger partial charge is 0.293 e. The molecule has 6 heteroatoms. The third-order valence-electron chi connectivity index (χ3n) is 2.19. The Labute approximate surface area is 95.0 Å². The van der Waals surface area contributed by atoms with Gasteiger partial charge in [0.25, 0.3) is 6.47 Å². The Kier molecular flexibility index (Phi) is 3.00. The zero-order chi connectivity index (χ0) is 11.5. The molecule has 0 atom stereocenters. The summed E-state index contributed by atoms with van der Waals surface area (Å²) >= 11 is 1.21. The molecule has 0 aliphatic rings. The van der Waals surface area contributed by atoms with E-state index in [1.807, 2.05) is 0 Å². The Hall–Kier alpha value is -1.69. The van der Waals surface area contributed by atoms with E-state index in [0.717, 1.165) is 15.8 Å². The maximum atomic E-state index is 13.1. The number of rotatable bonds is 4. The maximum absolute atomic E-state index is 13.1. The number of nitrogen functional groups attached to an aromatic ring is 1. The molecule has 1 aromatic heterocycles. The molecule has 4 nitrogen and oxygen atoms in total. The van der Waals surface area contributed by atoms with Crippen molar-refractivity contribution < 1.29 is 13.9 Å². The average molecular weight is 240 g/mol. The van der Waals surface area contributed by atoms with Crippen molar-refractivity contribution in [2.75, 3.05) is 12.3 Å². The Morgan fingerprint density at radius 1 is 1.56 bits per heavy atom. The number of hydrogen-bond acceptors (Lipinski definition) is 5. The van der Waals surface area contributed by atoms with Gasteiger partial charge in [0.2, 0.25) is 0 Å². The molecule has 0 saturated heterocycles. The first-order valence-electron chi connectivity index (χ1n) is 4.61. The summed E-state index contributed by atoms with van der Waals surface area (Å²) < 4.78 is 22.7. The predicted molar refractivity (Wildman–Crippen MR) is 59.7 cm³/mol. The Morgan fingerprint density at radius 2 is 2.38 bits per heavy atom. The van der Waals surface area contributed by atoms with E-state index in [-0.39, 0.29) is 12.3 Å². The van der Waals surface area contributed by atoms with Crippen LogP contribution in [0.4, 0.5) is 10.1 Å². The number of nitrogens with zero attached hydrogens (tertiary/aromatic N) is 1. The van der Waals surface area contributed by atoms with Crippen LogP contribution in [0.2, 0.25) is 0 Å². The SMILES string of the molecule is Nc1cc2c(CCOC=O)nsc2cc1F. The molecule has 2 rings (SSSR count). The van der Waals surface area contributed by atoms with Gasteiger partial charge in [-0.3, -0.25) is 4.79 Å². The molecule has 0 aliphatic heterocycles. The van der Waals surface area contributed by atoms with Gasteiger partial charge in [-0.2, -0.15) is 4.37 Å². The molecule has 0 unspecified atom stereocenters. The molecule has 1 aromatic carbocycles. The largest absolute Gasteiger partial charge is 0.467 e. The highest BCUT2D eigenvalue weighted by Crippen LogP contribution is 2.27. The summed E-state index contributed by atoms with van der Waals surface area (Å²) in [5.74, 6) is -0.438. The number of ether oxygens (including phenoxy) is 1. The summed E-state index contributed by atoms with van der Waals surface area (Å²) in [4.78, 5) is 9.99. The van der Waals surface area contributed by atoms with Crippen LogP contribution in [0.1, 0.15) is 5.69 Å². The van der Waals surface area contributed by atoms with Gasteiger partial charge >= 0.3 is 0 Å². The third-order valence-corrected chi connectivity index (χ3v) is 3.03. The molecule has 2 N–H and O–H groups in total. The van der Waals surface area contributed by atoms with Crippen molar-refractivity contribution in [3.8, 4) is 0 Å². The molecule has 0 amide bonds. The molecule has 0 saturated carbocycles. The van der Waals surface area contributed by atoms with Gasteiger partial charge in [-0.25, -0.2) is 4.39 Å². The summed E-state index contributed by atoms with van der Waals surface area (Å²) in [5.41, 5.74) is 6.36. The van der Waals surface area contributed by atoms with Gasteiger partial charge in [0.05, 0.1) is 22.7 Å². The van der Waals surface area contributed by atoms with Crippen LogP contribution in [-0.4, -0.2) is 17.5 Å². The minimum atomic E-state index is -0.438. The second-order valence-electron chi connectivity index (χ2n) is 3.22. The van der Waals surface area contributed by atoms with E-state index >= 15 is 0 Å². The highest BCUT2D eigenvalue weighted by molar-refractivity contribution is 7.13. The van der Waals surface area contributed by atoms with Crippen LogP contribution in [0, 0.1) is 5.82 Å². The fourth-order valence-corrected chi connectivity index (χ4v) is 2.24. The summed E-state index contributed by atoms with van der Waals surface area (Å²) in [6.45, 7) is 0.655. The standard InChI is InChI=1S/C10H9FN2O2S/c11-7-4-10-6(3-8(7)12)9(13-16-10)1-2-15-5-14/h3-5H,1-2,12H2. The van der Waals surface area contributed by atoms with Crippen LogP contribution in [0.3, 0.4) is 0 Å². The second-order valence-corrected chi connectivity index (χ2v) is 4.02. The number of carbonyl (C=O) groups excluding carboxylic acids is 1. The molecule has 0 radical (unpaired) electrons. The minimum absolute atomic E-state index is 0.102. The summed E-state index contributed by atoms with van der Waals surface area (Å²) in [6.07, 6.45) is 0.504. The average Bonchev–Trinajstić information content (AvgIpc) is 2.63. The van der Waals surface area contributed by atoms with E-state index in [1.165, 1.54) is 17.6 Å². The number of carbonyl (C=O) groups is 1. The monoisotopic (exact) mass is 240 g/mol. The zero-order valence-corrected chi connectivity index (χ0v) is 9.09. The molecule has 1 heterocycles. The van der Waals surface area contributed by atoms with Gasteiger partial charge in [0, 0.05) is 11.8 Å². The van der Waals surface area contributed by atoms with Crippen LogP contribution >= 0.6 is 11.5 Å². The van der Waals surface area contributed by atoms with Gasteiger partial charge in [-0.15, -0.1) is 0 Å².